The van der Waals surface area contributed by atoms with Crippen LogP contribution in [0.3, 0.4) is 0 Å². The predicted octanol–water partition coefficient (Wildman–Crippen LogP) is 0.936. The van der Waals surface area contributed by atoms with E-state index < -0.39 is 0 Å². The van der Waals surface area contributed by atoms with Crippen LogP contribution in [0.25, 0.3) is 0 Å². The molecule has 2 radical (unpaired) electrons. The molecule has 0 aromatic rings. The maximum Gasteiger partial charge on any atom is 0.148 e. The van der Waals surface area contributed by atoms with E-state index in [-0.39, 0.29) is 0 Å². The molecule has 0 spiro atoms. The minimum atomic E-state index is 1.08. The van der Waals surface area contributed by atoms with Crippen LogP contribution in [-0.2, 0) is 0 Å². The highest BCUT2D eigenvalue weighted by molar-refractivity contribution is 5.93. The second-order valence-corrected chi connectivity index (χ2v) is 3.14. The molecule has 0 aliphatic carbocycles. The summed E-state index contributed by atoms with van der Waals surface area (Å²) in [7, 11) is 1.90. The number of rotatable bonds is 0. The van der Waals surface area contributed by atoms with Gasteiger partial charge in [-0.05, 0) is 25.0 Å². The normalized spacial score (nSPS) is 23.2. The van der Waals surface area contributed by atoms with Crippen LogP contribution >= 0.6 is 0 Å². The van der Waals surface area contributed by atoms with Gasteiger partial charge in [-0.3, -0.25) is 5.01 Å². The van der Waals surface area contributed by atoms with Crippen LogP contribution < -0.4 is 0 Å². The fraction of sp³-hybridized carbons (Fsp3) is 0.556. The van der Waals surface area contributed by atoms with Crippen molar-refractivity contribution in [3.63, 3.8) is 0 Å². The van der Waals surface area contributed by atoms with Gasteiger partial charge in [0.1, 0.15) is 12.4 Å². The summed E-state index contributed by atoms with van der Waals surface area (Å²) >= 11 is 0. The number of likely N-dealkylation sites (tertiary alicyclic amines) is 1. The lowest BCUT2D eigenvalue weighted by atomic mass is 10.4. The SMILES string of the molecule is CN1[C]C=CC(N2CCCC2)=N1. The first-order valence-electron chi connectivity index (χ1n) is 4.36. The predicted molar refractivity (Wildman–Crippen MR) is 48.4 cm³/mol. The zero-order valence-corrected chi connectivity index (χ0v) is 7.32. The molecule has 2 heterocycles. The van der Waals surface area contributed by atoms with E-state index >= 15 is 0 Å². The lowest BCUT2D eigenvalue weighted by molar-refractivity contribution is 0.421. The third-order valence-corrected chi connectivity index (χ3v) is 2.18. The van der Waals surface area contributed by atoms with Gasteiger partial charge in [-0.2, -0.15) is 5.10 Å². The number of hydrogen-bond donors (Lipinski definition) is 0. The van der Waals surface area contributed by atoms with Gasteiger partial charge in [-0.15, -0.1) is 0 Å². The maximum atomic E-state index is 4.34. The Morgan fingerprint density at radius 3 is 2.83 bits per heavy atom. The van der Waals surface area contributed by atoms with Crippen molar-refractivity contribution in [2.24, 2.45) is 5.10 Å². The average molecular weight is 163 g/mol. The topological polar surface area (TPSA) is 18.8 Å². The molecule has 3 nitrogen and oxygen atoms in total. The molecule has 3 heteroatoms. The fourth-order valence-corrected chi connectivity index (χ4v) is 1.55. The van der Waals surface area contributed by atoms with Crippen LogP contribution in [0.5, 0.6) is 0 Å². The van der Waals surface area contributed by atoms with E-state index in [4.69, 9.17) is 0 Å². The second-order valence-electron chi connectivity index (χ2n) is 3.14. The molecule has 2 rings (SSSR count). The third-order valence-electron chi connectivity index (χ3n) is 2.18. The molecule has 2 aliphatic rings. The van der Waals surface area contributed by atoms with Gasteiger partial charge < -0.3 is 4.90 Å². The molecule has 1 fully saturated rings. The number of amidine groups is 1. The standard InChI is InChI=1S/C9H13N3/c1-11-6-4-5-9(10-11)12-7-2-3-8-12/h4-5H,2-3,7-8H2,1H3. The van der Waals surface area contributed by atoms with Crippen molar-refractivity contribution in [2.75, 3.05) is 20.1 Å². The first-order chi connectivity index (χ1) is 5.86. The van der Waals surface area contributed by atoms with Crippen molar-refractivity contribution in [1.29, 1.82) is 0 Å². The molecule has 12 heavy (non-hydrogen) atoms. The number of likely N-dealkylation sites (N-methyl/N-ethyl adjacent to an activating group) is 1. The largest absolute Gasteiger partial charge is 0.355 e. The quantitative estimate of drug-likeness (QED) is 0.529. The summed E-state index contributed by atoms with van der Waals surface area (Å²) in [5.74, 6) is 1.08. The highest BCUT2D eigenvalue weighted by Gasteiger charge is 2.16. The Hall–Kier alpha value is -0.990. The van der Waals surface area contributed by atoms with Crippen molar-refractivity contribution in [2.45, 2.75) is 12.8 Å². The molecule has 0 unspecified atom stereocenters. The minimum Gasteiger partial charge on any atom is -0.355 e. The zero-order valence-electron chi connectivity index (χ0n) is 7.32. The Kier molecular flexibility index (Phi) is 2.02. The van der Waals surface area contributed by atoms with Crippen molar-refractivity contribution < 1.29 is 0 Å². The van der Waals surface area contributed by atoms with Gasteiger partial charge in [0.2, 0.25) is 0 Å². The van der Waals surface area contributed by atoms with Gasteiger partial charge in [-0.25, -0.2) is 0 Å². The smallest absolute Gasteiger partial charge is 0.148 e. The highest BCUT2D eigenvalue weighted by Crippen LogP contribution is 2.12. The molecule has 2 aliphatic heterocycles. The lowest BCUT2D eigenvalue weighted by Gasteiger charge is -2.22. The Morgan fingerprint density at radius 2 is 2.17 bits per heavy atom. The molecule has 0 aromatic heterocycles. The van der Waals surface area contributed by atoms with Crippen LogP contribution in [0, 0.1) is 6.54 Å². The maximum absolute atomic E-state index is 4.34. The highest BCUT2D eigenvalue weighted by atomic mass is 15.5. The molecule has 0 saturated carbocycles. The van der Waals surface area contributed by atoms with Gasteiger partial charge in [0, 0.05) is 20.1 Å². The lowest BCUT2D eigenvalue weighted by Crippen LogP contribution is -2.30. The van der Waals surface area contributed by atoms with E-state index in [2.05, 4.69) is 16.5 Å². The minimum absolute atomic E-state index is 1.08. The van der Waals surface area contributed by atoms with Gasteiger partial charge in [0.15, 0.2) is 0 Å². The fourth-order valence-electron chi connectivity index (χ4n) is 1.55. The van der Waals surface area contributed by atoms with Crippen molar-refractivity contribution >= 4 is 5.84 Å². The zero-order chi connectivity index (χ0) is 8.39. The molecular formula is C9H13N3. The monoisotopic (exact) mass is 163 g/mol. The number of hydrogen-bond acceptors (Lipinski definition) is 3. The molecule has 1 saturated heterocycles. The van der Waals surface area contributed by atoms with Crippen LogP contribution in [0.15, 0.2) is 17.3 Å². The van der Waals surface area contributed by atoms with Gasteiger partial charge in [0.05, 0.1) is 0 Å². The average Bonchev–Trinajstić information content (AvgIpc) is 2.56. The van der Waals surface area contributed by atoms with E-state index in [1.165, 1.54) is 12.8 Å². The van der Waals surface area contributed by atoms with E-state index in [9.17, 15) is 0 Å². The number of hydrazone groups is 1. The summed E-state index contributed by atoms with van der Waals surface area (Å²) < 4.78 is 0. The van der Waals surface area contributed by atoms with Crippen LogP contribution in [0.2, 0.25) is 0 Å². The van der Waals surface area contributed by atoms with E-state index in [0.29, 0.717) is 0 Å². The van der Waals surface area contributed by atoms with Crippen LogP contribution in [0.1, 0.15) is 12.8 Å². The molecule has 0 amide bonds. The summed E-state index contributed by atoms with van der Waals surface area (Å²) in [5, 5.41) is 6.07. The van der Waals surface area contributed by atoms with Crippen molar-refractivity contribution in [3.8, 4) is 0 Å². The molecule has 0 atom stereocenters. The van der Waals surface area contributed by atoms with Gasteiger partial charge in [-0.1, -0.05) is 0 Å². The summed E-state index contributed by atoms with van der Waals surface area (Å²) in [6.07, 6.45) is 6.53. The van der Waals surface area contributed by atoms with E-state index in [1.54, 1.807) is 5.01 Å². The summed E-state index contributed by atoms with van der Waals surface area (Å²) in [4.78, 5) is 2.31. The van der Waals surface area contributed by atoms with E-state index in [0.717, 1.165) is 18.9 Å². The van der Waals surface area contributed by atoms with E-state index in [1.807, 2.05) is 19.2 Å². The molecule has 0 bridgehead atoms. The Labute approximate surface area is 73.3 Å². The molecule has 64 valence electrons. The van der Waals surface area contributed by atoms with Crippen LogP contribution in [-0.4, -0.2) is 35.9 Å². The summed E-state index contributed by atoms with van der Waals surface area (Å²) in [5.41, 5.74) is 0. The summed E-state index contributed by atoms with van der Waals surface area (Å²) in [6, 6.07) is 0. The first-order valence-corrected chi connectivity index (χ1v) is 4.36. The molecule has 0 N–H and O–H groups in total. The summed E-state index contributed by atoms with van der Waals surface area (Å²) in [6.45, 7) is 5.27. The third kappa shape index (κ3) is 1.44. The first kappa shape index (κ1) is 7.65. The molecule has 0 aromatic carbocycles. The van der Waals surface area contributed by atoms with Gasteiger partial charge in [0.25, 0.3) is 0 Å². The Balaban J connectivity index is 2.06. The Morgan fingerprint density at radius 1 is 1.42 bits per heavy atom. The molecular weight excluding hydrogens is 150 g/mol. The number of nitrogens with zero attached hydrogens (tertiary/aromatic N) is 3. The van der Waals surface area contributed by atoms with Gasteiger partial charge >= 0.3 is 0 Å². The second kappa shape index (κ2) is 3.17. The van der Waals surface area contributed by atoms with Crippen molar-refractivity contribution in [3.05, 3.63) is 18.7 Å². The van der Waals surface area contributed by atoms with Crippen molar-refractivity contribution in [1.82, 2.24) is 9.91 Å². The van der Waals surface area contributed by atoms with Crippen LogP contribution in [0.4, 0.5) is 0 Å². The Bertz CT molecular complexity index is 214.